The van der Waals surface area contributed by atoms with Gasteiger partial charge in [-0.2, -0.15) is 0 Å². The number of amides is 1. The summed E-state index contributed by atoms with van der Waals surface area (Å²) in [4.78, 5) is 23.1. The fraction of sp³-hybridized carbons (Fsp3) is 0.312. The Morgan fingerprint density at radius 3 is 2.57 bits per heavy atom. The van der Waals surface area contributed by atoms with Crippen LogP contribution < -0.4 is 5.32 Å². The third-order valence-corrected chi connectivity index (χ3v) is 3.39. The largest absolute Gasteiger partial charge is 0.480 e. The van der Waals surface area contributed by atoms with Crippen molar-refractivity contribution in [2.75, 3.05) is 0 Å². The summed E-state index contributed by atoms with van der Waals surface area (Å²) >= 11 is 0. The third-order valence-electron chi connectivity index (χ3n) is 3.39. The van der Waals surface area contributed by atoms with Crippen LogP contribution in [0, 0.1) is 13.8 Å². The first-order valence-corrected chi connectivity index (χ1v) is 7.09. The van der Waals surface area contributed by atoms with Crippen LogP contribution in [0.25, 0.3) is 0 Å². The van der Waals surface area contributed by atoms with Gasteiger partial charge in [0, 0.05) is 12.0 Å². The molecule has 0 fully saturated rings. The smallest absolute Gasteiger partial charge is 0.408 e. The summed E-state index contributed by atoms with van der Waals surface area (Å²) in [6, 6.07) is 8.02. The summed E-state index contributed by atoms with van der Waals surface area (Å²) in [5.41, 5.74) is 2.09. The van der Waals surface area contributed by atoms with Crippen molar-refractivity contribution in [1.82, 2.24) is 10.5 Å². The topological polar surface area (TPSA) is 102 Å². The SMILES string of the molecule is Cc1noc(C)c1CC(NC(=O)OCc1ccccc1)C(=O)O. The highest BCUT2D eigenvalue weighted by Gasteiger charge is 2.24. The Morgan fingerprint density at radius 2 is 2.00 bits per heavy atom. The van der Waals surface area contributed by atoms with Crippen molar-refractivity contribution in [2.45, 2.75) is 32.9 Å². The van der Waals surface area contributed by atoms with Crippen LogP contribution in [0.15, 0.2) is 34.9 Å². The van der Waals surface area contributed by atoms with Crippen LogP contribution in [0.4, 0.5) is 4.79 Å². The molecule has 0 saturated heterocycles. The molecule has 0 bridgehead atoms. The van der Waals surface area contributed by atoms with Gasteiger partial charge in [0.25, 0.3) is 0 Å². The second-order valence-corrected chi connectivity index (χ2v) is 5.10. The minimum atomic E-state index is -1.15. The average Bonchev–Trinajstić information content (AvgIpc) is 2.85. The molecule has 1 aromatic heterocycles. The number of hydrogen-bond acceptors (Lipinski definition) is 5. The quantitative estimate of drug-likeness (QED) is 0.846. The zero-order valence-electron chi connectivity index (χ0n) is 12.9. The summed E-state index contributed by atoms with van der Waals surface area (Å²) < 4.78 is 10.0. The highest BCUT2D eigenvalue weighted by Crippen LogP contribution is 2.14. The molecule has 0 aliphatic rings. The van der Waals surface area contributed by atoms with E-state index in [4.69, 9.17) is 9.26 Å². The molecule has 1 aromatic carbocycles. The fourth-order valence-corrected chi connectivity index (χ4v) is 2.10. The zero-order chi connectivity index (χ0) is 16.8. The Bertz CT molecular complexity index is 662. The lowest BCUT2D eigenvalue weighted by molar-refractivity contribution is -0.139. The number of carboxylic acids is 1. The van der Waals surface area contributed by atoms with E-state index in [0.717, 1.165) is 5.56 Å². The van der Waals surface area contributed by atoms with Gasteiger partial charge in [-0.3, -0.25) is 0 Å². The molecule has 0 aliphatic carbocycles. The Labute approximate surface area is 133 Å². The summed E-state index contributed by atoms with van der Waals surface area (Å²) in [5.74, 6) is -0.616. The summed E-state index contributed by atoms with van der Waals surface area (Å²) in [7, 11) is 0. The Hall–Kier alpha value is -2.83. The molecule has 0 saturated carbocycles. The predicted molar refractivity (Wildman–Crippen MR) is 80.9 cm³/mol. The van der Waals surface area contributed by atoms with Gasteiger partial charge in [0.05, 0.1) is 5.69 Å². The number of hydrogen-bond donors (Lipinski definition) is 2. The molecule has 1 amide bonds. The van der Waals surface area contributed by atoms with E-state index in [1.165, 1.54) is 0 Å². The van der Waals surface area contributed by atoms with Crippen LogP contribution >= 0.6 is 0 Å². The average molecular weight is 318 g/mol. The van der Waals surface area contributed by atoms with Gasteiger partial charge in [-0.25, -0.2) is 9.59 Å². The maximum atomic E-state index is 11.8. The molecule has 2 rings (SSSR count). The van der Waals surface area contributed by atoms with Gasteiger partial charge in [0.15, 0.2) is 0 Å². The number of alkyl carbamates (subject to hydrolysis) is 1. The maximum Gasteiger partial charge on any atom is 0.408 e. The lowest BCUT2D eigenvalue weighted by Crippen LogP contribution is -2.42. The Morgan fingerprint density at radius 1 is 1.30 bits per heavy atom. The van der Waals surface area contributed by atoms with E-state index >= 15 is 0 Å². The van der Waals surface area contributed by atoms with Gasteiger partial charge in [0.1, 0.15) is 18.4 Å². The van der Waals surface area contributed by atoms with Crippen LogP contribution in [-0.2, 0) is 22.6 Å². The minimum absolute atomic E-state index is 0.0737. The Balaban J connectivity index is 1.94. The van der Waals surface area contributed by atoms with Crippen LogP contribution in [0.3, 0.4) is 0 Å². The number of carboxylic acid groups (broad SMARTS) is 1. The molecule has 1 heterocycles. The lowest BCUT2D eigenvalue weighted by Gasteiger charge is -2.14. The number of aryl methyl sites for hydroxylation is 2. The second-order valence-electron chi connectivity index (χ2n) is 5.10. The van der Waals surface area contributed by atoms with Gasteiger partial charge in [-0.15, -0.1) is 0 Å². The molecule has 2 N–H and O–H groups in total. The van der Waals surface area contributed by atoms with Crippen molar-refractivity contribution in [2.24, 2.45) is 0 Å². The molecule has 122 valence electrons. The van der Waals surface area contributed by atoms with Gasteiger partial charge in [-0.05, 0) is 19.4 Å². The van der Waals surface area contributed by atoms with Crippen molar-refractivity contribution in [3.05, 3.63) is 52.9 Å². The summed E-state index contributed by atoms with van der Waals surface area (Å²) in [6.45, 7) is 3.49. The highest BCUT2D eigenvalue weighted by molar-refractivity contribution is 5.80. The number of benzene rings is 1. The molecule has 7 heteroatoms. The van der Waals surface area contributed by atoms with E-state index in [2.05, 4.69) is 10.5 Å². The number of carbonyl (C=O) groups excluding carboxylic acids is 1. The molecule has 1 atom stereocenters. The summed E-state index contributed by atoms with van der Waals surface area (Å²) in [5, 5.41) is 15.4. The number of nitrogens with one attached hydrogen (secondary N) is 1. The number of ether oxygens (including phenoxy) is 1. The molecular formula is C16H18N2O5. The van der Waals surface area contributed by atoms with Crippen LogP contribution in [0.1, 0.15) is 22.6 Å². The van der Waals surface area contributed by atoms with E-state index in [-0.39, 0.29) is 13.0 Å². The highest BCUT2D eigenvalue weighted by atomic mass is 16.5. The van der Waals surface area contributed by atoms with Crippen molar-refractivity contribution in [1.29, 1.82) is 0 Å². The number of nitrogens with zero attached hydrogens (tertiary/aromatic N) is 1. The van der Waals surface area contributed by atoms with E-state index in [1.54, 1.807) is 13.8 Å². The zero-order valence-corrected chi connectivity index (χ0v) is 12.9. The van der Waals surface area contributed by atoms with E-state index in [0.29, 0.717) is 17.0 Å². The first-order chi connectivity index (χ1) is 11.0. The normalized spacial score (nSPS) is 11.7. The molecule has 0 spiro atoms. The molecule has 23 heavy (non-hydrogen) atoms. The molecule has 7 nitrogen and oxygen atoms in total. The molecule has 0 radical (unpaired) electrons. The first kappa shape index (κ1) is 16.5. The number of aliphatic carboxylic acids is 1. The minimum Gasteiger partial charge on any atom is -0.480 e. The van der Waals surface area contributed by atoms with Crippen LogP contribution in [0.5, 0.6) is 0 Å². The van der Waals surface area contributed by atoms with Gasteiger partial charge < -0.3 is 19.7 Å². The van der Waals surface area contributed by atoms with Gasteiger partial charge in [-0.1, -0.05) is 35.5 Å². The van der Waals surface area contributed by atoms with Crippen LogP contribution in [0.2, 0.25) is 0 Å². The van der Waals surface area contributed by atoms with E-state index in [9.17, 15) is 14.7 Å². The van der Waals surface area contributed by atoms with Crippen molar-refractivity contribution >= 4 is 12.1 Å². The lowest BCUT2D eigenvalue weighted by atomic mass is 10.0. The number of aromatic nitrogens is 1. The van der Waals surface area contributed by atoms with Crippen LogP contribution in [-0.4, -0.2) is 28.4 Å². The maximum absolute atomic E-state index is 11.8. The van der Waals surface area contributed by atoms with Crippen molar-refractivity contribution in [3.8, 4) is 0 Å². The van der Waals surface area contributed by atoms with Crippen molar-refractivity contribution in [3.63, 3.8) is 0 Å². The molecule has 0 aliphatic heterocycles. The molecular weight excluding hydrogens is 300 g/mol. The number of carbonyl (C=O) groups is 2. The molecule has 2 aromatic rings. The van der Waals surface area contributed by atoms with E-state index in [1.807, 2.05) is 30.3 Å². The first-order valence-electron chi connectivity index (χ1n) is 7.09. The predicted octanol–water partition coefficient (Wildman–Crippen LogP) is 2.21. The molecule has 1 unspecified atom stereocenters. The second kappa shape index (κ2) is 7.44. The monoisotopic (exact) mass is 318 g/mol. The Kier molecular flexibility index (Phi) is 5.35. The van der Waals surface area contributed by atoms with Gasteiger partial charge in [0.2, 0.25) is 0 Å². The van der Waals surface area contributed by atoms with Crippen molar-refractivity contribution < 1.29 is 24.0 Å². The van der Waals surface area contributed by atoms with Gasteiger partial charge >= 0.3 is 12.1 Å². The fourth-order valence-electron chi connectivity index (χ4n) is 2.10. The third kappa shape index (κ3) is 4.57. The summed E-state index contributed by atoms with van der Waals surface area (Å²) in [6.07, 6.45) is -0.704. The standard InChI is InChI=1S/C16H18N2O5/c1-10-13(11(2)23-18-10)8-14(15(19)20)17-16(21)22-9-12-6-4-3-5-7-12/h3-7,14H,8-9H2,1-2H3,(H,17,21)(H,19,20). The van der Waals surface area contributed by atoms with E-state index < -0.39 is 18.1 Å². The number of rotatable bonds is 6.